The third-order valence-electron chi connectivity index (χ3n) is 4.06. The van der Waals surface area contributed by atoms with Crippen LogP contribution in [0.2, 0.25) is 0 Å². The molecule has 2 aromatic carbocycles. The maximum Gasteiger partial charge on any atom is 0.190 e. The van der Waals surface area contributed by atoms with Crippen LogP contribution in [-0.4, -0.2) is 5.78 Å². The van der Waals surface area contributed by atoms with Gasteiger partial charge < -0.3 is 0 Å². The van der Waals surface area contributed by atoms with E-state index in [0.29, 0.717) is 0 Å². The summed E-state index contributed by atoms with van der Waals surface area (Å²) < 4.78 is 1.01. The number of allylic oxidation sites excluding steroid dienone is 2. The number of ketones is 1. The molecule has 0 unspecified atom stereocenters. The lowest BCUT2D eigenvalue weighted by Gasteiger charge is -2.31. The van der Waals surface area contributed by atoms with Crippen LogP contribution in [0.15, 0.2) is 64.7 Å². The Kier molecular flexibility index (Phi) is 4.13. The van der Waals surface area contributed by atoms with Crippen molar-refractivity contribution >= 4 is 37.6 Å². The van der Waals surface area contributed by atoms with Crippen molar-refractivity contribution in [3.8, 4) is 0 Å². The first-order valence-corrected chi connectivity index (χ1v) is 8.87. The van der Waals surface area contributed by atoms with Crippen molar-refractivity contribution in [1.82, 2.24) is 0 Å². The molecule has 1 aliphatic carbocycles. The van der Waals surface area contributed by atoms with E-state index in [1.54, 1.807) is 0 Å². The highest BCUT2D eigenvalue weighted by Crippen LogP contribution is 2.42. The first-order valence-electron chi connectivity index (χ1n) is 7.16. The Morgan fingerprint density at radius 1 is 1.05 bits per heavy atom. The molecule has 0 aromatic heterocycles. The molecular formula is C19H16Br2O. The van der Waals surface area contributed by atoms with Crippen LogP contribution in [0, 0.1) is 0 Å². The lowest BCUT2D eigenvalue weighted by atomic mass is 9.73. The molecule has 2 aromatic rings. The van der Waals surface area contributed by atoms with E-state index in [9.17, 15) is 4.79 Å². The molecule has 3 heteroatoms. The van der Waals surface area contributed by atoms with Crippen molar-refractivity contribution in [3.63, 3.8) is 0 Å². The molecule has 3 rings (SSSR count). The minimum atomic E-state index is -0.155. The molecule has 22 heavy (non-hydrogen) atoms. The fourth-order valence-corrected chi connectivity index (χ4v) is 4.00. The van der Waals surface area contributed by atoms with E-state index >= 15 is 0 Å². The molecule has 1 atom stereocenters. The molecule has 0 radical (unpaired) electrons. The topological polar surface area (TPSA) is 17.1 Å². The largest absolute Gasteiger partial charge is 0.289 e. The summed E-state index contributed by atoms with van der Waals surface area (Å²) in [5.41, 5.74) is 3.63. The molecule has 0 heterocycles. The lowest BCUT2D eigenvalue weighted by Crippen LogP contribution is -2.27. The minimum Gasteiger partial charge on any atom is -0.289 e. The van der Waals surface area contributed by atoms with Crippen molar-refractivity contribution in [2.45, 2.75) is 24.1 Å². The second-order valence-corrected chi connectivity index (χ2v) is 7.94. The molecule has 0 saturated heterocycles. The summed E-state index contributed by atoms with van der Waals surface area (Å²) in [6.45, 7) is 4.30. The molecule has 0 N–H and O–H groups in total. The zero-order valence-corrected chi connectivity index (χ0v) is 15.6. The molecule has 0 saturated carbocycles. The van der Waals surface area contributed by atoms with Crippen molar-refractivity contribution < 1.29 is 4.79 Å². The van der Waals surface area contributed by atoms with E-state index < -0.39 is 0 Å². The Morgan fingerprint density at radius 2 is 1.77 bits per heavy atom. The highest BCUT2D eigenvalue weighted by molar-refractivity contribution is 9.10. The molecule has 0 amide bonds. The van der Waals surface area contributed by atoms with Gasteiger partial charge in [0.25, 0.3) is 0 Å². The number of fused-ring (bicyclic) bond motifs is 1. The van der Waals surface area contributed by atoms with Gasteiger partial charge in [-0.15, -0.1) is 0 Å². The quantitative estimate of drug-likeness (QED) is 0.546. The molecule has 0 bridgehead atoms. The van der Waals surface area contributed by atoms with Crippen molar-refractivity contribution in [1.29, 1.82) is 0 Å². The van der Waals surface area contributed by atoms with Crippen LogP contribution < -0.4 is 0 Å². The van der Waals surface area contributed by atoms with Crippen molar-refractivity contribution in [2.75, 3.05) is 0 Å². The Bertz CT molecular complexity index is 775. The molecular weight excluding hydrogens is 404 g/mol. The minimum absolute atomic E-state index is 0.106. The summed E-state index contributed by atoms with van der Waals surface area (Å²) in [6, 6.07) is 15.9. The van der Waals surface area contributed by atoms with Gasteiger partial charge in [-0.1, -0.05) is 88.2 Å². The third kappa shape index (κ3) is 2.72. The van der Waals surface area contributed by atoms with Crippen molar-refractivity contribution in [3.05, 3.63) is 81.3 Å². The molecule has 0 fully saturated rings. The Labute approximate surface area is 147 Å². The van der Waals surface area contributed by atoms with E-state index in [1.807, 2.05) is 48.5 Å². The van der Waals surface area contributed by atoms with Gasteiger partial charge in [0.05, 0.1) is 4.83 Å². The Hall–Kier alpha value is -1.19. The molecule has 0 spiro atoms. The number of Topliss-reactive ketones (excluding diaryl/α,β-unsaturated/α-hetero) is 1. The number of rotatable bonds is 2. The highest BCUT2D eigenvalue weighted by Gasteiger charge is 2.34. The number of alkyl halides is 1. The SMILES string of the molecule is CC1(C)C=C([C@H](Br)c2cccc(Br)c2)C(=O)c2ccccc21. The number of carbonyl (C=O) groups excluding carboxylic acids is 1. The summed E-state index contributed by atoms with van der Waals surface area (Å²) >= 11 is 7.21. The summed E-state index contributed by atoms with van der Waals surface area (Å²) in [5, 5.41) is 0. The summed E-state index contributed by atoms with van der Waals surface area (Å²) in [5.74, 6) is 0.108. The highest BCUT2D eigenvalue weighted by atomic mass is 79.9. The average molecular weight is 420 g/mol. The van der Waals surface area contributed by atoms with E-state index in [4.69, 9.17) is 0 Å². The van der Waals surface area contributed by atoms with E-state index in [2.05, 4.69) is 51.8 Å². The van der Waals surface area contributed by atoms with Crippen LogP contribution >= 0.6 is 31.9 Å². The van der Waals surface area contributed by atoms with Gasteiger partial charge in [0.2, 0.25) is 0 Å². The molecule has 1 aliphatic rings. The first kappa shape index (κ1) is 15.7. The van der Waals surface area contributed by atoms with Crippen LogP contribution in [0.5, 0.6) is 0 Å². The summed E-state index contributed by atoms with van der Waals surface area (Å²) in [4.78, 5) is 12.8. The van der Waals surface area contributed by atoms with Gasteiger partial charge in [0, 0.05) is 21.0 Å². The Morgan fingerprint density at radius 3 is 2.50 bits per heavy atom. The van der Waals surface area contributed by atoms with Gasteiger partial charge in [-0.05, 0) is 23.3 Å². The standard InChI is InChI=1S/C19H16Br2O/c1-19(2)11-15(17(21)12-6-5-7-13(20)10-12)18(22)14-8-3-4-9-16(14)19/h3-11,17H,1-2H3/t17-/m1/s1. The van der Waals surface area contributed by atoms with Gasteiger partial charge in [-0.2, -0.15) is 0 Å². The third-order valence-corrected chi connectivity index (χ3v) is 5.57. The fraction of sp³-hybridized carbons (Fsp3) is 0.211. The van der Waals surface area contributed by atoms with E-state index in [0.717, 1.165) is 26.7 Å². The summed E-state index contributed by atoms with van der Waals surface area (Å²) in [6.07, 6.45) is 2.10. The van der Waals surface area contributed by atoms with Gasteiger partial charge >= 0.3 is 0 Å². The normalized spacial score (nSPS) is 17.6. The zero-order chi connectivity index (χ0) is 15.9. The van der Waals surface area contributed by atoms with Gasteiger partial charge in [0.1, 0.15) is 0 Å². The van der Waals surface area contributed by atoms with Crippen LogP contribution in [0.3, 0.4) is 0 Å². The maximum absolute atomic E-state index is 12.9. The number of hydrogen-bond donors (Lipinski definition) is 0. The summed E-state index contributed by atoms with van der Waals surface area (Å²) in [7, 11) is 0. The maximum atomic E-state index is 12.9. The smallest absolute Gasteiger partial charge is 0.190 e. The zero-order valence-electron chi connectivity index (χ0n) is 12.4. The second-order valence-electron chi connectivity index (χ2n) is 6.11. The molecule has 0 aliphatic heterocycles. The first-order chi connectivity index (χ1) is 10.4. The molecule has 112 valence electrons. The Balaban J connectivity index is 2.09. The van der Waals surface area contributed by atoms with Crippen LogP contribution in [0.25, 0.3) is 0 Å². The van der Waals surface area contributed by atoms with E-state index in [1.165, 1.54) is 0 Å². The fourth-order valence-electron chi connectivity index (χ4n) is 2.96. The van der Waals surface area contributed by atoms with Crippen LogP contribution in [-0.2, 0) is 5.41 Å². The predicted octanol–water partition coefficient (Wildman–Crippen LogP) is 5.99. The predicted molar refractivity (Wildman–Crippen MR) is 97.7 cm³/mol. The monoisotopic (exact) mass is 418 g/mol. The number of benzene rings is 2. The van der Waals surface area contributed by atoms with Crippen LogP contribution in [0.4, 0.5) is 0 Å². The van der Waals surface area contributed by atoms with Crippen LogP contribution in [0.1, 0.15) is 40.2 Å². The lowest BCUT2D eigenvalue weighted by molar-refractivity contribution is 0.102. The van der Waals surface area contributed by atoms with Gasteiger partial charge in [0.15, 0.2) is 5.78 Å². The average Bonchev–Trinajstić information content (AvgIpc) is 2.50. The van der Waals surface area contributed by atoms with Gasteiger partial charge in [-0.25, -0.2) is 0 Å². The van der Waals surface area contributed by atoms with E-state index in [-0.39, 0.29) is 16.0 Å². The number of halogens is 2. The molecule has 1 nitrogen and oxygen atoms in total. The van der Waals surface area contributed by atoms with Gasteiger partial charge in [-0.3, -0.25) is 4.79 Å². The number of hydrogen-bond acceptors (Lipinski definition) is 1. The second kappa shape index (κ2) is 5.78. The number of carbonyl (C=O) groups is 1. The van der Waals surface area contributed by atoms with Crippen molar-refractivity contribution in [2.24, 2.45) is 0 Å².